The molecule has 0 aliphatic carbocycles. The normalized spacial score (nSPS) is 18.3. The first-order chi connectivity index (χ1) is 10.7. The molecule has 0 atom stereocenters. The molecule has 1 aliphatic rings. The van der Waals surface area contributed by atoms with Gasteiger partial charge in [0.05, 0.1) is 18.4 Å². The van der Waals surface area contributed by atoms with Crippen molar-refractivity contribution < 1.29 is 19.1 Å². The maximum Gasteiger partial charge on any atom is 0.410 e. The quantitative estimate of drug-likeness (QED) is 0.921. The van der Waals surface area contributed by atoms with Gasteiger partial charge in [0.2, 0.25) is 0 Å². The number of ether oxygens (including phenoxy) is 1. The van der Waals surface area contributed by atoms with Crippen LogP contribution < -0.4 is 0 Å². The van der Waals surface area contributed by atoms with E-state index in [9.17, 15) is 9.90 Å². The van der Waals surface area contributed by atoms with Gasteiger partial charge >= 0.3 is 6.09 Å². The van der Waals surface area contributed by atoms with Crippen molar-refractivity contribution in [2.24, 2.45) is 0 Å². The third-order valence-electron chi connectivity index (χ3n) is 3.92. The highest BCUT2D eigenvalue weighted by atomic mass is 16.6. The van der Waals surface area contributed by atoms with Crippen LogP contribution in [0, 0.1) is 0 Å². The number of furan rings is 1. The third-order valence-corrected chi connectivity index (χ3v) is 3.92. The van der Waals surface area contributed by atoms with E-state index < -0.39 is 11.2 Å². The van der Waals surface area contributed by atoms with E-state index in [0.29, 0.717) is 39.0 Å². The van der Waals surface area contributed by atoms with Gasteiger partial charge in [-0.1, -0.05) is 0 Å². The topological polar surface area (TPSA) is 66.2 Å². The standard InChI is InChI=1S/C17H28N2O4/c1-16(2,3)23-15(20)19-9-7-17(21,8-10-19)13-18(4)12-14-6-5-11-22-14/h5-6,11,21H,7-10,12-13H2,1-4H3. The van der Waals surface area contributed by atoms with E-state index in [1.54, 1.807) is 11.2 Å². The molecule has 1 amide bonds. The van der Waals surface area contributed by atoms with Gasteiger partial charge in [-0.3, -0.25) is 4.90 Å². The van der Waals surface area contributed by atoms with Crippen LogP contribution in [0.1, 0.15) is 39.4 Å². The Morgan fingerprint density at radius 3 is 2.61 bits per heavy atom. The van der Waals surface area contributed by atoms with Crippen LogP contribution in [-0.4, -0.2) is 58.9 Å². The van der Waals surface area contributed by atoms with Crippen LogP contribution in [0.4, 0.5) is 4.79 Å². The molecule has 23 heavy (non-hydrogen) atoms. The molecule has 1 saturated heterocycles. The molecule has 0 saturated carbocycles. The number of amides is 1. The predicted molar refractivity (Wildman–Crippen MR) is 87.0 cm³/mol. The van der Waals surface area contributed by atoms with Crippen LogP contribution in [0.3, 0.4) is 0 Å². The minimum atomic E-state index is -0.778. The summed E-state index contributed by atoms with van der Waals surface area (Å²) in [5.74, 6) is 0.877. The molecular formula is C17H28N2O4. The zero-order valence-corrected chi connectivity index (χ0v) is 14.5. The minimum absolute atomic E-state index is 0.302. The number of carbonyl (C=O) groups excluding carboxylic acids is 1. The highest BCUT2D eigenvalue weighted by Gasteiger charge is 2.36. The van der Waals surface area contributed by atoms with E-state index >= 15 is 0 Å². The molecule has 0 spiro atoms. The first-order valence-corrected chi connectivity index (χ1v) is 8.08. The zero-order valence-electron chi connectivity index (χ0n) is 14.5. The Labute approximate surface area is 138 Å². The van der Waals surface area contributed by atoms with Crippen LogP contribution in [0.25, 0.3) is 0 Å². The molecule has 6 nitrogen and oxygen atoms in total. The van der Waals surface area contributed by atoms with Crippen molar-refractivity contribution in [3.8, 4) is 0 Å². The van der Waals surface area contributed by atoms with Crippen molar-refractivity contribution in [3.63, 3.8) is 0 Å². The van der Waals surface area contributed by atoms with Crippen molar-refractivity contribution in [1.82, 2.24) is 9.80 Å². The number of hydrogen-bond donors (Lipinski definition) is 1. The summed E-state index contributed by atoms with van der Waals surface area (Å²) in [6, 6.07) is 3.78. The molecule has 1 aliphatic heterocycles. The van der Waals surface area contributed by atoms with Gasteiger partial charge < -0.3 is 19.2 Å². The van der Waals surface area contributed by atoms with Gasteiger partial charge in [0, 0.05) is 19.6 Å². The van der Waals surface area contributed by atoms with Crippen molar-refractivity contribution in [2.75, 3.05) is 26.7 Å². The number of carbonyl (C=O) groups is 1. The lowest BCUT2D eigenvalue weighted by Crippen LogP contribution is -2.52. The summed E-state index contributed by atoms with van der Waals surface area (Å²) in [4.78, 5) is 15.8. The molecule has 0 radical (unpaired) electrons. The molecule has 0 unspecified atom stereocenters. The molecule has 0 bridgehead atoms. The fraction of sp³-hybridized carbons (Fsp3) is 0.706. The van der Waals surface area contributed by atoms with Gasteiger partial charge in [0.1, 0.15) is 11.4 Å². The van der Waals surface area contributed by atoms with E-state index in [4.69, 9.17) is 9.15 Å². The maximum absolute atomic E-state index is 12.1. The molecule has 6 heteroatoms. The number of nitrogens with zero attached hydrogens (tertiary/aromatic N) is 2. The molecule has 0 aromatic carbocycles. The number of piperidine rings is 1. The van der Waals surface area contributed by atoms with Crippen molar-refractivity contribution in [3.05, 3.63) is 24.2 Å². The second kappa shape index (κ2) is 6.93. The molecule has 2 rings (SSSR count). The van der Waals surface area contributed by atoms with Crippen LogP contribution in [0.2, 0.25) is 0 Å². The van der Waals surface area contributed by atoms with E-state index in [-0.39, 0.29) is 6.09 Å². The monoisotopic (exact) mass is 324 g/mol. The van der Waals surface area contributed by atoms with Gasteiger partial charge in [-0.05, 0) is 52.8 Å². The first-order valence-electron chi connectivity index (χ1n) is 8.08. The summed E-state index contributed by atoms with van der Waals surface area (Å²) in [6.45, 7) is 7.80. The number of hydrogen-bond acceptors (Lipinski definition) is 5. The van der Waals surface area contributed by atoms with Crippen LogP contribution in [0.15, 0.2) is 22.8 Å². The molecule has 1 fully saturated rings. The molecular weight excluding hydrogens is 296 g/mol. The lowest BCUT2D eigenvalue weighted by molar-refractivity contribution is -0.0482. The fourth-order valence-electron chi connectivity index (χ4n) is 2.82. The Hall–Kier alpha value is -1.53. The number of likely N-dealkylation sites (N-methyl/N-ethyl adjacent to an activating group) is 1. The Kier molecular flexibility index (Phi) is 5.37. The Bertz CT molecular complexity index is 499. The van der Waals surface area contributed by atoms with Crippen molar-refractivity contribution in [2.45, 2.75) is 51.4 Å². The largest absolute Gasteiger partial charge is 0.468 e. The predicted octanol–water partition coefficient (Wildman–Crippen LogP) is 2.47. The lowest BCUT2D eigenvalue weighted by Gasteiger charge is -2.40. The zero-order chi connectivity index (χ0) is 17.1. The van der Waals surface area contributed by atoms with Crippen LogP contribution in [0.5, 0.6) is 0 Å². The molecule has 1 aromatic rings. The van der Waals surface area contributed by atoms with E-state index in [0.717, 1.165) is 5.76 Å². The number of likely N-dealkylation sites (tertiary alicyclic amines) is 1. The number of rotatable bonds is 4. The minimum Gasteiger partial charge on any atom is -0.468 e. The SMILES string of the molecule is CN(Cc1ccco1)CC1(O)CCN(C(=O)OC(C)(C)C)CC1. The van der Waals surface area contributed by atoms with Crippen LogP contribution in [-0.2, 0) is 11.3 Å². The second-order valence-corrected chi connectivity index (χ2v) is 7.44. The van der Waals surface area contributed by atoms with E-state index in [2.05, 4.69) is 0 Å². The van der Waals surface area contributed by atoms with Gasteiger partial charge in [-0.2, -0.15) is 0 Å². The van der Waals surface area contributed by atoms with E-state index in [1.807, 2.05) is 44.9 Å². The molecule has 1 N–H and O–H groups in total. The van der Waals surface area contributed by atoms with Gasteiger partial charge in [-0.15, -0.1) is 0 Å². The Morgan fingerprint density at radius 1 is 1.43 bits per heavy atom. The summed E-state index contributed by atoms with van der Waals surface area (Å²) in [5, 5.41) is 10.8. The average molecular weight is 324 g/mol. The molecule has 2 heterocycles. The maximum atomic E-state index is 12.1. The van der Waals surface area contributed by atoms with Crippen LogP contribution >= 0.6 is 0 Å². The summed E-state index contributed by atoms with van der Waals surface area (Å²) < 4.78 is 10.7. The molecule has 130 valence electrons. The summed E-state index contributed by atoms with van der Waals surface area (Å²) in [5.41, 5.74) is -1.27. The summed E-state index contributed by atoms with van der Waals surface area (Å²) in [6.07, 6.45) is 2.45. The summed E-state index contributed by atoms with van der Waals surface area (Å²) in [7, 11) is 1.96. The van der Waals surface area contributed by atoms with Gasteiger partial charge in [-0.25, -0.2) is 4.79 Å². The Morgan fingerprint density at radius 2 is 2.09 bits per heavy atom. The summed E-state index contributed by atoms with van der Waals surface area (Å²) >= 11 is 0. The lowest BCUT2D eigenvalue weighted by atomic mass is 9.91. The number of aliphatic hydroxyl groups is 1. The van der Waals surface area contributed by atoms with E-state index in [1.165, 1.54) is 0 Å². The van der Waals surface area contributed by atoms with Crippen molar-refractivity contribution >= 4 is 6.09 Å². The highest BCUT2D eigenvalue weighted by Crippen LogP contribution is 2.25. The first kappa shape index (κ1) is 17.8. The molecule has 1 aromatic heterocycles. The highest BCUT2D eigenvalue weighted by molar-refractivity contribution is 5.68. The van der Waals surface area contributed by atoms with Gasteiger partial charge in [0.25, 0.3) is 0 Å². The second-order valence-electron chi connectivity index (χ2n) is 7.44. The average Bonchev–Trinajstić information content (AvgIpc) is 2.89. The Balaban J connectivity index is 1.81. The third kappa shape index (κ3) is 5.55. The van der Waals surface area contributed by atoms with Gasteiger partial charge in [0.15, 0.2) is 0 Å². The van der Waals surface area contributed by atoms with Crippen molar-refractivity contribution in [1.29, 1.82) is 0 Å². The fourth-order valence-corrected chi connectivity index (χ4v) is 2.82. The smallest absolute Gasteiger partial charge is 0.410 e.